The highest BCUT2D eigenvalue weighted by Crippen LogP contribution is 2.14. The van der Waals surface area contributed by atoms with Crippen LogP contribution >= 0.6 is 0 Å². The molecule has 1 aromatic carbocycles. The summed E-state index contributed by atoms with van der Waals surface area (Å²) in [5, 5.41) is 3.23. The van der Waals surface area contributed by atoms with Gasteiger partial charge in [-0.25, -0.2) is 13.8 Å². The van der Waals surface area contributed by atoms with Crippen LogP contribution in [0.3, 0.4) is 0 Å². The van der Waals surface area contributed by atoms with Gasteiger partial charge in [0, 0.05) is 24.0 Å². The third-order valence-corrected chi connectivity index (χ3v) is 2.86. The smallest absolute Gasteiger partial charge is 0.131 e. The maximum absolute atomic E-state index is 13.6. The lowest BCUT2D eigenvalue weighted by Crippen LogP contribution is -2.24. The van der Waals surface area contributed by atoms with Crippen LogP contribution in [0.1, 0.15) is 25.2 Å². The van der Waals surface area contributed by atoms with Crippen molar-refractivity contribution in [1.29, 1.82) is 0 Å². The molecule has 19 heavy (non-hydrogen) atoms. The van der Waals surface area contributed by atoms with E-state index in [0.29, 0.717) is 12.6 Å². The minimum Gasteiger partial charge on any atom is -0.329 e. The summed E-state index contributed by atoms with van der Waals surface area (Å²) in [6.45, 7) is 4.78. The molecule has 0 atom stereocenters. The van der Waals surface area contributed by atoms with Gasteiger partial charge in [-0.15, -0.1) is 0 Å². The number of nitrogens with one attached hydrogen (secondary N) is 1. The van der Waals surface area contributed by atoms with Crippen LogP contribution in [-0.2, 0) is 13.1 Å². The molecule has 0 aliphatic carbocycles. The number of nitrogens with zero attached hydrogens (tertiary/aromatic N) is 2. The molecular formula is C14H17F2N3. The van der Waals surface area contributed by atoms with Crippen molar-refractivity contribution >= 4 is 0 Å². The molecule has 0 aliphatic rings. The van der Waals surface area contributed by atoms with E-state index in [0.717, 1.165) is 5.82 Å². The molecule has 2 aromatic rings. The second-order valence-electron chi connectivity index (χ2n) is 4.71. The number of aromatic nitrogens is 2. The van der Waals surface area contributed by atoms with Gasteiger partial charge in [0.05, 0.1) is 13.1 Å². The van der Waals surface area contributed by atoms with Crippen molar-refractivity contribution < 1.29 is 8.78 Å². The lowest BCUT2D eigenvalue weighted by atomic mass is 10.2. The zero-order valence-electron chi connectivity index (χ0n) is 11.0. The van der Waals surface area contributed by atoms with Crippen molar-refractivity contribution in [1.82, 2.24) is 14.9 Å². The van der Waals surface area contributed by atoms with Crippen LogP contribution in [0.5, 0.6) is 0 Å². The summed E-state index contributed by atoms with van der Waals surface area (Å²) in [6.07, 6.45) is 3.36. The van der Waals surface area contributed by atoms with Gasteiger partial charge < -0.3 is 9.88 Å². The summed E-state index contributed by atoms with van der Waals surface area (Å²) >= 11 is 0. The first-order valence-electron chi connectivity index (χ1n) is 6.24. The molecule has 0 bridgehead atoms. The van der Waals surface area contributed by atoms with Gasteiger partial charge in [-0.05, 0) is 12.1 Å². The van der Waals surface area contributed by atoms with E-state index in [4.69, 9.17) is 0 Å². The van der Waals surface area contributed by atoms with E-state index >= 15 is 0 Å². The molecule has 3 nitrogen and oxygen atoms in total. The Bertz CT molecular complexity index is 529. The standard InChI is InChI=1S/C14H17F2N3/c1-10(2)18-8-14-17-6-7-19(14)9-11-12(15)4-3-5-13(11)16/h3-7,10,18H,8-9H2,1-2H3. The second-order valence-corrected chi connectivity index (χ2v) is 4.71. The minimum atomic E-state index is -0.531. The SMILES string of the molecule is CC(C)NCc1nccn1Cc1c(F)cccc1F. The van der Waals surface area contributed by atoms with E-state index in [1.54, 1.807) is 17.0 Å². The quantitative estimate of drug-likeness (QED) is 0.900. The Morgan fingerprint density at radius 3 is 2.58 bits per heavy atom. The Morgan fingerprint density at radius 1 is 1.26 bits per heavy atom. The zero-order valence-corrected chi connectivity index (χ0v) is 11.0. The summed E-state index contributed by atoms with van der Waals surface area (Å²) < 4.78 is 28.9. The first-order valence-corrected chi connectivity index (χ1v) is 6.24. The molecule has 5 heteroatoms. The fourth-order valence-electron chi connectivity index (χ4n) is 1.80. The molecule has 0 amide bonds. The maximum Gasteiger partial charge on any atom is 0.131 e. The van der Waals surface area contributed by atoms with Crippen LogP contribution in [0.4, 0.5) is 8.78 Å². The van der Waals surface area contributed by atoms with E-state index in [2.05, 4.69) is 10.3 Å². The molecular weight excluding hydrogens is 248 g/mol. The van der Waals surface area contributed by atoms with Gasteiger partial charge in [0.2, 0.25) is 0 Å². The monoisotopic (exact) mass is 265 g/mol. The predicted molar refractivity (Wildman–Crippen MR) is 69.7 cm³/mol. The zero-order chi connectivity index (χ0) is 13.8. The Hall–Kier alpha value is -1.75. The molecule has 2 rings (SSSR count). The number of benzene rings is 1. The Balaban J connectivity index is 2.17. The fourth-order valence-corrected chi connectivity index (χ4v) is 1.80. The summed E-state index contributed by atoms with van der Waals surface area (Å²) in [5.41, 5.74) is 0.0614. The second kappa shape index (κ2) is 5.93. The Kier molecular flexibility index (Phi) is 4.27. The van der Waals surface area contributed by atoms with Gasteiger partial charge in [0.15, 0.2) is 0 Å². The van der Waals surface area contributed by atoms with Crippen molar-refractivity contribution in [2.75, 3.05) is 0 Å². The summed E-state index contributed by atoms with van der Waals surface area (Å²) in [7, 11) is 0. The third-order valence-electron chi connectivity index (χ3n) is 2.86. The fraction of sp³-hybridized carbons (Fsp3) is 0.357. The van der Waals surface area contributed by atoms with E-state index in [9.17, 15) is 8.78 Å². The summed E-state index contributed by atoms with van der Waals surface area (Å²) in [4.78, 5) is 4.20. The van der Waals surface area contributed by atoms with Gasteiger partial charge in [-0.3, -0.25) is 0 Å². The van der Waals surface area contributed by atoms with Crippen molar-refractivity contribution in [3.8, 4) is 0 Å². The first kappa shape index (κ1) is 13.7. The number of hydrogen-bond acceptors (Lipinski definition) is 2. The third kappa shape index (κ3) is 3.38. The molecule has 0 radical (unpaired) electrons. The lowest BCUT2D eigenvalue weighted by Gasteiger charge is -2.11. The van der Waals surface area contributed by atoms with E-state index in [1.807, 2.05) is 13.8 Å². The van der Waals surface area contributed by atoms with Crippen molar-refractivity contribution in [3.63, 3.8) is 0 Å². The lowest BCUT2D eigenvalue weighted by molar-refractivity contribution is 0.525. The number of halogens is 2. The van der Waals surface area contributed by atoms with Crippen LogP contribution in [-0.4, -0.2) is 15.6 Å². The summed E-state index contributed by atoms with van der Waals surface area (Å²) in [5.74, 6) is -0.302. The highest BCUT2D eigenvalue weighted by molar-refractivity contribution is 5.20. The normalized spacial score (nSPS) is 11.2. The molecule has 0 unspecified atom stereocenters. The predicted octanol–water partition coefficient (Wildman–Crippen LogP) is 2.71. The van der Waals surface area contributed by atoms with Crippen LogP contribution in [0, 0.1) is 11.6 Å². The van der Waals surface area contributed by atoms with Crippen molar-refractivity contribution in [2.24, 2.45) is 0 Å². The number of rotatable bonds is 5. The molecule has 1 N–H and O–H groups in total. The van der Waals surface area contributed by atoms with E-state index in [1.165, 1.54) is 18.2 Å². The van der Waals surface area contributed by atoms with Gasteiger partial charge in [-0.2, -0.15) is 0 Å². The van der Waals surface area contributed by atoms with E-state index in [-0.39, 0.29) is 12.1 Å². The van der Waals surface area contributed by atoms with Gasteiger partial charge in [0.25, 0.3) is 0 Å². The molecule has 102 valence electrons. The van der Waals surface area contributed by atoms with Gasteiger partial charge in [-0.1, -0.05) is 19.9 Å². The average Bonchev–Trinajstić information content (AvgIpc) is 2.79. The molecule has 1 aromatic heterocycles. The highest BCUT2D eigenvalue weighted by Gasteiger charge is 2.11. The Labute approximate surface area is 111 Å². The van der Waals surface area contributed by atoms with Crippen molar-refractivity contribution in [2.45, 2.75) is 33.0 Å². The first-order chi connectivity index (χ1) is 9.08. The molecule has 1 heterocycles. The highest BCUT2D eigenvalue weighted by atomic mass is 19.1. The van der Waals surface area contributed by atoms with Crippen LogP contribution in [0.2, 0.25) is 0 Å². The molecule has 0 aliphatic heterocycles. The molecule has 0 fully saturated rings. The molecule has 0 saturated carbocycles. The molecule has 0 spiro atoms. The minimum absolute atomic E-state index is 0.0614. The summed E-state index contributed by atoms with van der Waals surface area (Å²) in [6, 6.07) is 4.22. The largest absolute Gasteiger partial charge is 0.329 e. The van der Waals surface area contributed by atoms with E-state index < -0.39 is 11.6 Å². The molecule has 0 saturated heterocycles. The van der Waals surface area contributed by atoms with Crippen molar-refractivity contribution in [3.05, 3.63) is 53.6 Å². The average molecular weight is 265 g/mol. The van der Waals surface area contributed by atoms with Crippen LogP contribution in [0.25, 0.3) is 0 Å². The number of imidazole rings is 1. The van der Waals surface area contributed by atoms with Crippen LogP contribution < -0.4 is 5.32 Å². The van der Waals surface area contributed by atoms with Gasteiger partial charge in [0.1, 0.15) is 17.5 Å². The van der Waals surface area contributed by atoms with Crippen LogP contribution in [0.15, 0.2) is 30.6 Å². The Morgan fingerprint density at radius 2 is 1.95 bits per heavy atom. The number of hydrogen-bond donors (Lipinski definition) is 1. The maximum atomic E-state index is 13.6. The van der Waals surface area contributed by atoms with Gasteiger partial charge >= 0.3 is 0 Å². The topological polar surface area (TPSA) is 29.9 Å².